The molecule has 326 valence electrons. The molecule has 15 aromatic rings. The van der Waals surface area contributed by atoms with Crippen molar-refractivity contribution in [3.8, 4) is 50.4 Å². The van der Waals surface area contributed by atoms with Crippen LogP contribution in [0.25, 0.3) is 138 Å². The van der Waals surface area contributed by atoms with Crippen LogP contribution in [0.4, 0.5) is 0 Å². The van der Waals surface area contributed by atoms with Crippen molar-refractivity contribution >= 4 is 87.4 Å². The number of benzene rings is 11. The fraction of sp³-hybridized carbons (Fsp3) is 0. The van der Waals surface area contributed by atoms with Crippen LogP contribution >= 0.6 is 0 Å². The van der Waals surface area contributed by atoms with Gasteiger partial charge in [-0.2, -0.15) is 0 Å². The Labute approximate surface area is 402 Å². The maximum absolute atomic E-state index is 6.67. The molecule has 0 aliphatic rings. The first-order valence-corrected chi connectivity index (χ1v) is 24.0. The molecule has 11 aromatic carbocycles. The molecule has 4 heteroatoms. The Bertz CT molecular complexity index is 4370. The molecule has 0 saturated heterocycles. The van der Waals surface area contributed by atoms with Gasteiger partial charge in [-0.3, -0.25) is 0 Å². The van der Waals surface area contributed by atoms with Gasteiger partial charge in [0.15, 0.2) is 0 Å². The van der Waals surface area contributed by atoms with Crippen LogP contribution in [0.5, 0.6) is 0 Å². The minimum absolute atomic E-state index is 0.894. The van der Waals surface area contributed by atoms with Gasteiger partial charge in [0.2, 0.25) is 0 Å². The molecule has 0 atom stereocenters. The molecule has 4 aromatic heterocycles. The van der Waals surface area contributed by atoms with Crippen LogP contribution in [0, 0.1) is 0 Å². The zero-order valence-electron chi connectivity index (χ0n) is 37.9. The highest BCUT2D eigenvalue weighted by Crippen LogP contribution is 2.44. The minimum Gasteiger partial charge on any atom is -0.455 e. The van der Waals surface area contributed by atoms with Crippen molar-refractivity contribution in [3.63, 3.8) is 0 Å². The number of rotatable bonds is 6. The molecule has 0 fully saturated rings. The van der Waals surface area contributed by atoms with Gasteiger partial charge in [0, 0.05) is 65.6 Å². The first-order chi connectivity index (χ1) is 34.7. The average Bonchev–Trinajstić information content (AvgIpc) is 4.17. The molecule has 0 aliphatic heterocycles. The zero-order chi connectivity index (χ0) is 45.9. The van der Waals surface area contributed by atoms with E-state index < -0.39 is 0 Å². The smallest absolute Gasteiger partial charge is 0.143 e. The standard InChI is InChI=1S/C66H41N3O/c1-3-16-46(17-4-1)67-58-26-11-8-21-49(58)54-38-42(30-34-61(54)67)44-32-36-63-56(40-44)57-41-45(43-31-35-62-55(39-43)50-22-9-12-27-59(50)68(62)47-18-5-2-6-19-47)33-37-64(57)69(63)60-28-13-7-20-48(60)52-24-15-25-53-51-23-10-14-29-65(51)70-66(52)53/h1-41H. The molecule has 0 spiro atoms. The summed E-state index contributed by atoms with van der Waals surface area (Å²) < 4.78 is 13.9. The van der Waals surface area contributed by atoms with E-state index >= 15 is 0 Å². The number of aromatic nitrogens is 3. The van der Waals surface area contributed by atoms with Crippen LogP contribution in [0.2, 0.25) is 0 Å². The Morgan fingerprint density at radius 2 is 0.629 bits per heavy atom. The number of nitrogens with zero attached hydrogens (tertiary/aromatic N) is 3. The third kappa shape index (κ3) is 5.71. The maximum atomic E-state index is 6.67. The lowest BCUT2D eigenvalue weighted by Crippen LogP contribution is -1.97. The Hall–Kier alpha value is -9.38. The van der Waals surface area contributed by atoms with E-state index in [1.165, 1.54) is 76.6 Å². The van der Waals surface area contributed by atoms with E-state index in [1.807, 2.05) is 6.07 Å². The lowest BCUT2D eigenvalue weighted by atomic mass is 9.98. The lowest BCUT2D eigenvalue weighted by molar-refractivity contribution is 0.670. The Balaban J connectivity index is 0.958. The third-order valence-corrected chi connectivity index (χ3v) is 14.6. The van der Waals surface area contributed by atoms with Gasteiger partial charge in [0.25, 0.3) is 0 Å². The predicted molar refractivity (Wildman–Crippen MR) is 293 cm³/mol. The monoisotopic (exact) mass is 891 g/mol. The number of para-hydroxylation sites is 7. The van der Waals surface area contributed by atoms with Crippen molar-refractivity contribution in [1.82, 2.24) is 13.7 Å². The number of fused-ring (bicyclic) bond motifs is 12. The molecule has 4 heterocycles. The second-order valence-corrected chi connectivity index (χ2v) is 18.4. The molecule has 70 heavy (non-hydrogen) atoms. The van der Waals surface area contributed by atoms with E-state index in [4.69, 9.17) is 4.42 Å². The van der Waals surface area contributed by atoms with Crippen LogP contribution in [-0.4, -0.2) is 13.7 Å². The largest absolute Gasteiger partial charge is 0.455 e. The summed E-state index contributed by atoms with van der Waals surface area (Å²) >= 11 is 0. The van der Waals surface area contributed by atoms with Crippen LogP contribution in [0.3, 0.4) is 0 Å². The topological polar surface area (TPSA) is 27.9 Å². The summed E-state index contributed by atoms with van der Waals surface area (Å²) in [7, 11) is 0. The van der Waals surface area contributed by atoms with Gasteiger partial charge in [-0.1, -0.05) is 152 Å². The third-order valence-electron chi connectivity index (χ3n) is 14.6. The second kappa shape index (κ2) is 15.1. The van der Waals surface area contributed by atoms with E-state index in [1.54, 1.807) is 0 Å². The van der Waals surface area contributed by atoms with E-state index in [0.717, 1.165) is 61.2 Å². The normalized spacial score (nSPS) is 12.0. The van der Waals surface area contributed by atoms with Gasteiger partial charge in [-0.25, -0.2) is 0 Å². The highest BCUT2D eigenvalue weighted by atomic mass is 16.3. The quantitative estimate of drug-likeness (QED) is 0.163. The minimum atomic E-state index is 0.894. The number of hydrogen-bond acceptors (Lipinski definition) is 1. The molecular formula is C66H41N3O. The van der Waals surface area contributed by atoms with Gasteiger partial charge in [-0.15, -0.1) is 0 Å². The van der Waals surface area contributed by atoms with E-state index in [9.17, 15) is 0 Å². The second-order valence-electron chi connectivity index (χ2n) is 18.4. The fourth-order valence-electron chi connectivity index (χ4n) is 11.5. The van der Waals surface area contributed by atoms with Crippen molar-refractivity contribution in [2.45, 2.75) is 0 Å². The molecule has 0 bridgehead atoms. The summed E-state index contributed by atoms with van der Waals surface area (Å²) in [5.74, 6) is 0. The van der Waals surface area contributed by atoms with Gasteiger partial charge in [-0.05, 0) is 119 Å². The van der Waals surface area contributed by atoms with Crippen molar-refractivity contribution in [2.75, 3.05) is 0 Å². The molecule has 15 rings (SSSR count). The van der Waals surface area contributed by atoms with Gasteiger partial charge >= 0.3 is 0 Å². The summed E-state index contributed by atoms with van der Waals surface area (Å²) in [6.45, 7) is 0. The Kier molecular flexibility index (Phi) is 8.33. The highest BCUT2D eigenvalue weighted by Gasteiger charge is 2.21. The van der Waals surface area contributed by atoms with Crippen LogP contribution in [0.15, 0.2) is 253 Å². The van der Waals surface area contributed by atoms with Gasteiger partial charge in [0.05, 0.1) is 38.8 Å². The van der Waals surface area contributed by atoms with E-state index in [0.29, 0.717) is 0 Å². The fourth-order valence-corrected chi connectivity index (χ4v) is 11.5. The summed E-state index contributed by atoms with van der Waals surface area (Å²) in [5.41, 5.74) is 19.2. The molecule has 0 aliphatic carbocycles. The molecule has 0 radical (unpaired) electrons. The van der Waals surface area contributed by atoms with Crippen molar-refractivity contribution in [1.29, 1.82) is 0 Å². The first-order valence-electron chi connectivity index (χ1n) is 24.0. The predicted octanol–water partition coefficient (Wildman–Crippen LogP) is 17.9. The molecule has 0 N–H and O–H groups in total. The molecule has 0 saturated carbocycles. The van der Waals surface area contributed by atoms with E-state index in [2.05, 4.69) is 256 Å². The Morgan fingerprint density at radius 3 is 1.17 bits per heavy atom. The average molecular weight is 892 g/mol. The number of hydrogen-bond donors (Lipinski definition) is 0. The summed E-state index contributed by atoms with van der Waals surface area (Å²) in [5, 5.41) is 9.58. The lowest BCUT2D eigenvalue weighted by Gasteiger charge is -2.15. The molecule has 0 unspecified atom stereocenters. The van der Waals surface area contributed by atoms with E-state index in [-0.39, 0.29) is 0 Å². The maximum Gasteiger partial charge on any atom is 0.143 e. The highest BCUT2D eigenvalue weighted by molar-refractivity contribution is 6.16. The molecule has 0 amide bonds. The zero-order valence-corrected chi connectivity index (χ0v) is 37.9. The first kappa shape index (κ1) is 38.7. The SMILES string of the molecule is c1ccc(-n2c3ccccc3c3cc(-c4ccc5c(c4)c4cc(-c6ccc7c(c6)c6ccccc6n7-c6ccccc6)ccc4n5-c4ccccc4-c4cccc5c4oc4ccccc45)ccc32)cc1. The Morgan fingerprint density at radius 1 is 0.243 bits per heavy atom. The van der Waals surface area contributed by atoms with Gasteiger partial charge in [0.1, 0.15) is 11.2 Å². The number of furan rings is 1. The summed E-state index contributed by atoms with van der Waals surface area (Å²) in [6, 6.07) is 90.5. The van der Waals surface area contributed by atoms with Gasteiger partial charge < -0.3 is 18.1 Å². The summed E-state index contributed by atoms with van der Waals surface area (Å²) in [4.78, 5) is 0. The van der Waals surface area contributed by atoms with Crippen LogP contribution in [-0.2, 0) is 0 Å². The molecule has 4 nitrogen and oxygen atoms in total. The van der Waals surface area contributed by atoms with Crippen molar-refractivity contribution in [2.24, 2.45) is 0 Å². The van der Waals surface area contributed by atoms with Crippen LogP contribution < -0.4 is 0 Å². The summed E-state index contributed by atoms with van der Waals surface area (Å²) in [6.07, 6.45) is 0. The molecular weight excluding hydrogens is 851 g/mol. The van der Waals surface area contributed by atoms with Crippen molar-refractivity contribution < 1.29 is 4.42 Å². The van der Waals surface area contributed by atoms with Crippen LogP contribution in [0.1, 0.15) is 0 Å². The van der Waals surface area contributed by atoms with Crippen molar-refractivity contribution in [3.05, 3.63) is 249 Å².